The van der Waals surface area contributed by atoms with E-state index >= 15 is 0 Å². The lowest BCUT2D eigenvalue weighted by molar-refractivity contribution is 0.505. The van der Waals surface area contributed by atoms with Gasteiger partial charge in [-0.25, -0.2) is 9.98 Å². The molecular formula is C13H17N3. The molecule has 16 heavy (non-hydrogen) atoms. The highest BCUT2D eigenvalue weighted by atomic mass is 15.1. The monoisotopic (exact) mass is 215 g/mol. The predicted molar refractivity (Wildman–Crippen MR) is 67.5 cm³/mol. The Balaban J connectivity index is 1.93. The zero-order valence-corrected chi connectivity index (χ0v) is 9.63. The SMILES string of the molecule is CN=C=NC1CCN(c2ccccc2)CC1. The maximum absolute atomic E-state index is 4.29. The van der Waals surface area contributed by atoms with Crippen molar-refractivity contribution < 1.29 is 0 Å². The maximum Gasteiger partial charge on any atom is 0.0892 e. The molecule has 1 saturated heterocycles. The summed E-state index contributed by atoms with van der Waals surface area (Å²) in [6.45, 7) is 2.15. The van der Waals surface area contributed by atoms with Crippen molar-refractivity contribution in [1.82, 2.24) is 0 Å². The van der Waals surface area contributed by atoms with E-state index in [4.69, 9.17) is 0 Å². The third kappa shape index (κ3) is 2.71. The van der Waals surface area contributed by atoms with Crippen molar-refractivity contribution in [3.63, 3.8) is 0 Å². The van der Waals surface area contributed by atoms with E-state index in [0.717, 1.165) is 25.9 Å². The smallest absolute Gasteiger partial charge is 0.0892 e. The van der Waals surface area contributed by atoms with E-state index in [0.29, 0.717) is 6.04 Å². The van der Waals surface area contributed by atoms with Gasteiger partial charge in [0.2, 0.25) is 0 Å². The topological polar surface area (TPSA) is 28.0 Å². The van der Waals surface area contributed by atoms with Gasteiger partial charge >= 0.3 is 0 Å². The van der Waals surface area contributed by atoms with Crippen LogP contribution in [0.3, 0.4) is 0 Å². The average Bonchev–Trinajstić information content (AvgIpc) is 2.38. The van der Waals surface area contributed by atoms with Crippen LogP contribution in [0.25, 0.3) is 0 Å². The van der Waals surface area contributed by atoms with Crippen LogP contribution in [0.4, 0.5) is 5.69 Å². The van der Waals surface area contributed by atoms with Gasteiger partial charge in [-0.2, -0.15) is 0 Å². The Morgan fingerprint density at radius 1 is 1.19 bits per heavy atom. The van der Waals surface area contributed by atoms with Crippen LogP contribution in [0.15, 0.2) is 40.3 Å². The highest BCUT2D eigenvalue weighted by Gasteiger charge is 2.18. The van der Waals surface area contributed by atoms with Gasteiger partial charge in [-0.05, 0) is 25.0 Å². The average molecular weight is 215 g/mol. The molecule has 2 rings (SSSR count). The van der Waals surface area contributed by atoms with Crippen LogP contribution >= 0.6 is 0 Å². The normalized spacial score (nSPS) is 16.7. The number of rotatable bonds is 2. The summed E-state index contributed by atoms with van der Waals surface area (Å²) in [5, 5.41) is 0. The summed E-state index contributed by atoms with van der Waals surface area (Å²) >= 11 is 0. The molecule has 0 radical (unpaired) electrons. The first-order valence-electron chi connectivity index (χ1n) is 5.74. The van der Waals surface area contributed by atoms with Crippen molar-refractivity contribution in [3.05, 3.63) is 30.3 Å². The lowest BCUT2D eigenvalue weighted by Gasteiger charge is -2.31. The third-order valence-corrected chi connectivity index (χ3v) is 2.93. The van der Waals surface area contributed by atoms with Crippen molar-refractivity contribution in [2.45, 2.75) is 18.9 Å². The molecule has 0 amide bonds. The molecule has 0 unspecified atom stereocenters. The summed E-state index contributed by atoms with van der Waals surface area (Å²) in [6, 6.07) is 13.7. The fourth-order valence-corrected chi connectivity index (χ4v) is 2.03. The van der Waals surface area contributed by atoms with Crippen LogP contribution in [0.1, 0.15) is 12.8 Å². The quantitative estimate of drug-likeness (QED) is 0.696. The molecule has 1 aliphatic heterocycles. The van der Waals surface area contributed by atoms with Gasteiger partial charge in [-0.15, -0.1) is 0 Å². The summed E-state index contributed by atoms with van der Waals surface area (Å²) in [5.74, 6) is 0. The first-order chi connectivity index (χ1) is 7.90. The molecule has 1 fully saturated rings. The minimum absolute atomic E-state index is 0.406. The van der Waals surface area contributed by atoms with Crippen molar-refractivity contribution >= 4 is 11.7 Å². The van der Waals surface area contributed by atoms with Crippen molar-refractivity contribution in [1.29, 1.82) is 0 Å². The number of para-hydroxylation sites is 1. The second kappa shape index (κ2) is 5.47. The van der Waals surface area contributed by atoms with E-state index in [1.165, 1.54) is 5.69 Å². The third-order valence-electron chi connectivity index (χ3n) is 2.93. The van der Waals surface area contributed by atoms with Gasteiger partial charge in [-0.1, -0.05) is 18.2 Å². The zero-order valence-electron chi connectivity index (χ0n) is 9.63. The molecule has 3 heteroatoms. The summed E-state index contributed by atoms with van der Waals surface area (Å²) in [4.78, 5) is 10.5. The van der Waals surface area contributed by atoms with E-state index in [-0.39, 0.29) is 0 Å². The van der Waals surface area contributed by atoms with Crippen molar-refractivity contribution in [3.8, 4) is 0 Å². The molecule has 0 aromatic heterocycles. The second-order valence-corrected chi connectivity index (χ2v) is 4.01. The highest BCUT2D eigenvalue weighted by molar-refractivity contribution is 5.46. The first kappa shape index (κ1) is 10.9. The molecule has 1 aromatic carbocycles. The van der Waals surface area contributed by atoms with Gasteiger partial charge in [0.05, 0.1) is 12.1 Å². The van der Waals surface area contributed by atoms with E-state index in [9.17, 15) is 0 Å². The lowest BCUT2D eigenvalue weighted by atomic mass is 10.1. The second-order valence-electron chi connectivity index (χ2n) is 4.01. The van der Waals surface area contributed by atoms with E-state index in [2.05, 4.69) is 51.2 Å². The van der Waals surface area contributed by atoms with Gasteiger partial charge in [0.25, 0.3) is 0 Å². The number of aliphatic imine (C=N–C) groups is 2. The van der Waals surface area contributed by atoms with E-state index < -0.39 is 0 Å². The summed E-state index contributed by atoms with van der Waals surface area (Å²) in [5.41, 5.74) is 1.31. The van der Waals surface area contributed by atoms with Crippen LogP contribution < -0.4 is 4.90 Å². The van der Waals surface area contributed by atoms with Crippen molar-refractivity contribution in [2.24, 2.45) is 9.98 Å². The summed E-state index contributed by atoms with van der Waals surface area (Å²) in [7, 11) is 1.71. The van der Waals surface area contributed by atoms with Crippen LogP contribution in [0.5, 0.6) is 0 Å². The van der Waals surface area contributed by atoms with Gasteiger partial charge in [-0.3, -0.25) is 0 Å². The Morgan fingerprint density at radius 2 is 1.88 bits per heavy atom. The molecule has 1 heterocycles. The highest BCUT2D eigenvalue weighted by Crippen LogP contribution is 2.20. The number of hydrogen-bond donors (Lipinski definition) is 0. The number of piperidine rings is 1. The molecule has 1 aliphatic rings. The molecule has 0 atom stereocenters. The van der Waals surface area contributed by atoms with E-state index in [1.54, 1.807) is 7.05 Å². The fourth-order valence-electron chi connectivity index (χ4n) is 2.03. The predicted octanol–water partition coefficient (Wildman–Crippen LogP) is 2.46. The first-order valence-corrected chi connectivity index (χ1v) is 5.74. The van der Waals surface area contributed by atoms with Crippen LogP contribution in [0.2, 0.25) is 0 Å². The Morgan fingerprint density at radius 3 is 2.50 bits per heavy atom. The number of nitrogens with zero attached hydrogens (tertiary/aromatic N) is 3. The molecule has 0 bridgehead atoms. The lowest BCUT2D eigenvalue weighted by Crippen LogP contribution is -2.35. The maximum atomic E-state index is 4.29. The van der Waals surface area contributed by atoms with Crippen LogP contribution in [-0.2, 0) is 0 Å². The largest absolute Gasteiger partial charge is 0.371 e. The molecule has 0 N–H and O–H groups in total. The van der Waals surface area contributed by atoms with Crippen LogP contribution in [-0.4, -0.2) is 32.2 Å². The standard InChI is InChI=1S/C13H17N3/c1-14-11-15-12-7-9-16(10-8-12)13-5-3-2-4-6-13/h2-6,12H,7-10H2,1H3. The molecule has 0 saturated carbocycles. The Labute approximate surface area is 96.5 Å². The zero-order chi connectivity index (χ0) is 11.2. The Kier molecular flexibility index (Phi) is 3.73. The Bertz CT molecular complexity index is 371. The Hall–Kier alpha value is -1.60. The minimum atomic E-state index is 0.406. The van der Waals surface area contributed by atoms with Gasteiger partial charge in [0, 0.05) is 25.8 Å². The molecule has 1 aromatic rings. The number of benzene rings is 1. The van der Waals surface area contributed by atoms with Crippen LogP contribution in [0, 0.1) is 0 Å². The molecule has 84 valence electrons. The molecule has 0 spiro atoms. The van der Waals surface area contributed by atoms with Gasteiger partial charge in [0.1, 0.15) is 0 Å². The molecule has 3 nitrogen and oxygen atoms in total. The number of hydrogen-bond acceptors (Lipinski definition) is 3. The van der Waals surface area contributed by atoms with Gasteiger partial charge in [0.15, 0.2) is 0 Å². The minimum Gasteiger partial charge on any atom is -0.371 e. The summed E-state index contributed by atoms with van der Waals surface area (Å²) in [6.07, 6.45) is 2.19. The summed E-state index contributed by atoms with van der Waals surface area (Å²) < 4.78 is 0. The fraction of sp³-hybridized carbons (Fsp3) is 0.462. The molecular weight excluding hydrogens is 198 g/mol. The van der Waals surface area contributed by atoms with Gasteiger partial charge < -0.3 is 4.90 Å². The number of anilines is 1. The van der Waals surface area contributed by atoms with E-state index in [1.807, 2.05) is 0 Å². The molecule has 0 aliphatic carbocycles. The van der Waals surface area contributed by atoms with Crippen molar-refractivity contribution in [2.75, 3.05) is 25.0 Å².